The number of carbonyl (C=O) groups is 1. The van der Waals surface area contributed by atoms with Crippen LogP contribution in [0, 0.1) is 5.21 Å². The van der Waals surface area contributed by atoms with Crippen LogP contribution in [0.4, 0.5) is 5.69 Å². The van der Waals surface area contributed by atoms with Gasteiger partial charge < -0.3 is 10.7 Å². The first-order chi connectivity index (χ1) is 6.86. The van der Waals surface area contributed by atoms with E-state index in [9.17, 15) is 10.0 Å². The molecule has 0 atom stereocenters. The third kappa shape index (κ3) is 1.24. The average Bonchev–Trinajstić information content (AvgIpc) is 2.27. The third-order valence-electron chi connectivity index (χ3n) is 2.19. The predicted molar refractivity (Wildman–Crippen MR) is 56.3 cm³/mol. The van der Waals surface area contributed by atoms with E-state index >= 15 is 0 Å². The summed E-state index contributed by atoms with van der Waals surface area (Å²) in [6.45, 7) is 0. The molecule has 0 spiro atoms. The van der Waals surface area contributed by atoms with Crippen molar-refractivity contribution in [2.45, 2.75) is 0 Å². The van der Waals surface area contributed by atoms with E-state index in [4.69, 9.17) is 0 Å². The quantitative estimate of drug-likeness (QED) is 0.579. The number of aldehydes is 1. The van der Waals surface area contributed by atoms with Crippen molar-refractivity contribution >= 4 is 22.7 Å². The van der Waals surface area contributed by atoms with Gasteiger partial charge in [0.2, 0.25) is 0 Å². The van der Waals surface area contributed by atoms with Crippen LogP contribution in [0.1, 0.15) is 10.4 Å². The molecule has 0 unspecified atom stereocenters. The van der Waals surface area contributed by atoms with Crippen LogP contribution in [0.15, 0.2) is 36.4 Å². The molecule has 0 aliphatic rings. The summed E-state index contributed by atoms with van der Waals surface area (Å²) >= 11 is 0. The Hall–Kier alpha value is -1.87. The fourth-order valence-corrected chi connectivity index (χ4v) is 1.50. The van der Waals surface area contributed by atoms with Crippen molar-refractivity contribution in [1.29, 1.82) is 0 Å². The number of hydrogen-bond donors (Lipinski definition) is 1. The summed E-state index contributed by atoms with van der Waals surface area (Å²) in [5, 5.41) is 12.4. The van der Waals surface area contributed by atoms with Gasteiger partial charge in [0.05, 0.1) is 0 Å². The van der Waals surface area contributed by atoms with Crippen LogP contribution in [-0.4, -0.2) is 6.29 Å². The molecule has 2 rings (SSSR count). The minimum absolute atomic E-state index is 0.345. The Balaban J connectivity index is 2.83. The minimum Gasteiger partial charge on any atom is -0.761 e. The van der Waals surface area contributed by atoms with Gasteiger partial charge in [0.15, 0.2) is 6.29 Å². The van der Waals surface area contributed by atoms with Crippen LogP contribution in [0.2, 0.25) is 0 Å². The fraction of sp³-hybridized carbons (Fsp3) is 0. The van der Waals surface area contributed by atoms with Gasteiger partial charge in [-0.05, 0) is 11.5 Å². The van der Waals surface area contributed by atoms with E-state index in [1.54, 1.807) is 6.07 Å². The first-order valence-electron chi connectivity index (χ1n) is 4.22. The van der Waals surface area contributed by atoms with Gasteiger partial charge in [-0.2, -0.15) is 0 Å². The summed E-state index contributed by atoms with van der Waals surface area (Å²) in [6, 6.07) is 10.9. The number of fused-ring (bicyclic) bond motifs is 1. The Morgan fingerprint density at radius 1 is 1.14 bits per heavy atom. The summed E-state index contributed by atoms with van der Waals surface area (Å²) in [5.74, 6) is 0. The van der Waals surface area contributed by atoms with E-state index < -0.39 is 0 Å². The summed E-state index contributed by atoms with van der Waals surface area (Å²) in [6.07, 6.45) is 0.673. The molecule has 0 radical (unpaired) electrons. The molecule has 2 aromatic carbocycles. The number of anilines is 1. The first kappa shape index (κ1) is 8.72. The second-order valence-corrected chi connectivity index (χ2v) is 2.97. The molecule has 0 aliphatic carbocycles. The normalized spacial score (nSPS) is 10.1. The lowest BCUT2D eigenvalue weighted by atomic mass is 10.1. The Morgan fingerprint density at radius 2 is 1.93 bits per heavy atom. The standard InChI is InChI=1S/C11H8NO2/c13-7-9-6-5-8-3-1-2-4-10(8)11(9)12-14/h1-7,12H/q-1. The topological polar surface area (TPSA) is 52.2 Å². The number of rotatable bonds is 2. The zero-order chi connectivity index (χ0) is 9.97. The minimum atomic E-state index is 0.345. The number of hydrogen-bond acceptors (Lipinski definition) is 3. The van der Waals surface area contributed by atoms with Gasteiger partial charge in [0, 0.05) is 16.6 Å². The van der Waals surface area contributed by atoms with Crippen LogP contribution in [0.25, 0.3) is 10.8 Å². The molecule has 70 valence electrons. The molecule has 2 aromatic rings. The maximum Gasteiger partial charge on any atom is 0.152 e. The smallest absolute Gasteiger partial charge is 0.152 e. The first-order valence-corrected chi connectivity index (χ1v) is 4.22. The Labute approximate surface area is 80.9 Å². The second-order valence-electron chi connectivity index (χ2n) is 2.97. The molecule has 0 bridgehead atoms. The van der Waals surface area contributed by atoms with Crippen molar-refractivity contribution in [2.75, 3.05) is 5.48 Å². The van der Waals surface area contributed by atoms with Crippen LogP contribution >= 0.6 is 0 Å². The van der Waals surface area contributed by atoms with Crippen LogP contribution in [0.3, 0.4) is 0 Å². The van der Waals surface area contributed by atoms with Crippen LogP contribution in [0.5, 0.6) is 0 Å². The van der Waals surface area contributed by atoms with E-state index in [1.807, 2.05) is 35.8 Å². The average molecular weight is 186 g/mol. The molecule has 0 saturated carbocycles. The fourth-order valence-electron chi connectivity index (χ4n) is 1.50. The Morgan fingerprint density at radius 3 is 2.64 bits per heavy atom. The van der Waals surface area contributed by atoms with Crippen molar-refractivity contribution in [3.63, 3.8) is 0 Å². The van der Waals surface area contributed by atoms with Crippen molar-refractivity contribution < 1.29 is 4.79 Å². The molecule has 0 fully saturated rings. The molecule has 1 N–H and O–H groups in total. The third-order valence-corrected chi connectivity index (χ3v) is 2.19. The Kier molecular flexibility index (Phi) is 2.16. The zero-order valence-electron chi connectivity index (χ0n) is 7.36. The molecular formula is C11H8NO2-. The molecule has 0 saturated heterocycles. The maximum atomic E-state index is 10.7. The Bertz CT molecular complexity index is 480. The van der Waals surface area contributed by atoms with Gasteiger partial charge in [0.25, 0.3) is 0 Å². The number of carbonyl (C=O) groups excluding carboxylic acids is 1. The van der Waals surface area contributed by atoms with Gasteiger partial charge >= 0.3 is 0 Å². The highest BCUT2D eigenvalue weighted by molar-refractivity contribution is 6.02. The van der Waals surface area contributed by atoms with Crippen molar-refractivity contribution in [1.82, 2.24) is 0 Å². The van der Waals surface area contributed by atoms with Crippen molar-refractivity contribution in [2.24, 2.45) is 0 Å². The van der Waals surface area contributed by atoms with E-state index in [0.717, 1.165) is 10.8 Å². The van der Waals surface area contributed by atoms with Gasteiger partial charge in [-0.3, -0.25) is 4.79 Å². The second kappa shape index (κ2) is 3.47. The maximum absolute atomic E-state index is 10.7. The summed E-state index contributed by atoms with van der Waals surface area (Å²) in [4.78, 5) is 10.7. The lowest BCUT2D eigenvalue weighted by Crippen LogP contribution is -1.93. The molecule has 0 aliphatic heterocycles. The van der Waals surface area contributed by atoms with Gasteiger partial charge in [-0.1, -0.05) is 30.3 Å². The van der Waals surface area contributed by atoms with E-state index in [-0.39, 0.29) is 0 Å². The summed E-state index contributed by atoms with van der Waals surface area (Å²) < 4.78 is 0. The summed E-state index contributed by atoms with van der Waals surface area (Å²) in [5.41, 5.74) is 2.54. The van der Waals surface area contributed by atoms with Gasteiger partial charge in [0.1, 0.15) is 0 Å². The largest absolute Gasteiger partial charge is 0.761 e. The number of nitrogens with one attached hydrogen (secondary N) is 1. The van der Waals surface area contributed by atoms with Crippen LogP contribution < -0.4 is 5.48 Å². The lowest BCUT2D eigenvalue weighted by Gasteiger charge is -2.14. The van der Waals surface area contributed by atoms with Crippen LogP contribution in [-0.2, 0) is 0 Å². The molecule has 3 nitrogen and oxygen atoms in total. The molecule has 3 heteroatoms. The SMILES string of the molecule is O=Cc1ccc2ccccc2c1N[O-]. The van der Waals surface area contributed by atoms with E-state index in [2.05, 4.69) is 0 Å². The van der Waals surface area contributed by atoms with Crippen molar-refractivity contribution in [3.05, 3.63) is 47.2 Å². The summed E-state index contributed by atoms with van der Waals surface area (Å²) in [7, 11) is 0. The zero-order valence-corrected chi connectivity index (χ0v) is 7.36. The predicted octanol–water partition coefficient (Wildman–Crippen LogP) is 2.56. The van der Waals surface area contributed by atoms with E-state index in [1.165, 1.54) is 0 Å². The van der Waals surface area contributed by atoms with E-state index in [0.29, 0.717) is 17.5 Å². The molecule has 0 heterocycles. The number of benzene rings is 2. The van der Waals surface area contributed by atoms with Gasteiger partial charge in [-0.25, -0.2) is 0 Å². The molecular weight excluding hydrogens is 178 g/mol. The highest BCUT2D eigenvalue weighted by Gasteiger charge is 2.02. The monoisotopic (exact) mass is 186 g/mol. The molecule has 0 aromatic heterocycles. The highest BCUT2D eigenvalue weighted by atomic mass is 16.5. The van der Waals surface area contributed by atoms with Crippen molar-refractivity contribution in [3.8, 4) is 0 Å². The lowest BCUT2D eigenvalue weighted by molar-refractivity contribution is 0.112. The molecule has 14 heavy (non-hydrogen) atoms. The highest BCUT2D eigenvalue weighted by Crippen LogP contribution is 2.25. The van der Waals surface area contributed by atoms with Gasteiger partial charge in [-0.15, -0.1) is 0 Å². The molecule has 0 amide bonds.